The fraction of sp³-hybridized carbons (Fsp3) is 0.0588. The summed E-state index contributed by atoms with van der Waals surface area (Å²) in [5.74, 6) is -0.157. The molecule has 0 spiro atoms. The summed E-state index contributed by atoms with van der Waals surface area (Å²) >= 11 is 1.32. The van der Waals surface area contributed by atoms with Crippen molar-refractivity contribution < 1.29 is 10.0 Å². The number of aromatic nitrogens is 4. The average Bonchev–Trinajstić information content (AvgIpc) is 3.24. The number of imidazole rings is 1. The van der Waals surface area contributed by atoms with Crippen LogP contribution in [0.25, 0.3) is 17.0 Å². The second-order valence-electron chi connectivity index (χ2n) is 5.51. The van der Waals surface area contributed by atoms with Crippen LogP contribution >= 0.6 is 11.3 Å². The van der Waals surface area contributed by atoms with Crippen LogP contribution in [0.15, 0.2) is 48.1 Å². The van der Waals surface area contributed by atoms with E-state index >= 15 is 0 Å². The van der Waals surface area contributed by atoms with E-state index in [4.69, 9.17) is 5.21 Å². The largest absolute Gasteiger partial charge is 0.316 e. The number of nitrogens with zero attached hydrogens (tertiary/aromatic N) is 4. The third-order valence-electron chi connectivity index (χ3n) is 3.80. The minimum atomic E-state index is -0.565. The van der Waals surface area contributed by atoms with Crippen molar-refractivity contribution in [3.8, 4) is 11.4 Å². The summed E-state index contributed by atoms with van der Waals surface area (Å²) in [4.78, 5) is 24.8. The van der Waals surface area contributed by atoms with E-state index in [1.807, 2.05) is 41.8 Å². The lowest BCUT2D eigenvalue weighted by atomic mass is 10.2. The number of anilines is 2. The van der Waals surface area contributed by atoms with E-state index in [2.05, 4.69) is 20.3 Å². The molecule has 4 rings (SSSR count). The van der Waals surface area contributed by atoms with Gasteiger partial charge in [-0.05, 0) is 31.2 Å². The molecule has 0 fully saturated rings. The Kier molecular flexibility index (Phi) is 4.07. The standard InChI is InChI=1S/C17H14N6O2S/c1-10-15(23-7-3-2-4-13(23)19-10)12-5-6-18-17(20-12)21-14-8-11(9-26-14)16(24)22-25/h2-9,25H,1H3,(H,22,24)(H,18,20,21). The van der Waals surface area contributed by atoms with Gasteiger partial charge in [0.2, 0.25) is 5.95 Å². The number of rotatable bonds is 4. The molecule has 8 nitrogen and oxygen atoms in total. The maximum Gasteiger partial charge on any atom is 0.275 e. The fourth-order valence-electron chi connectivity index (χ4n) is 2.67. The zero-order chi connectivity index (χ0) is 18.1. The van der Waals surface area contributed by atoms with Crippen LogP contribution in [0, 0.1) is 6.92 Å². The quantitative estimate of drug-likeness (QED) is 0.379. The Morgan fingerprint density at radius 1 is 1.27 bits per heavy atom. The Labute approximate surface area is 152 Å². The van der Waals surface area contributed by atoms with Gasteiger partial charge in [0.1, 0.15) is 5.65 Å². The average molecular weight is 366 g/mol. The van der Waals surface area contributed by atoms with Crippen LogP contribution in [-0.2, 0) is 0 Å². The minimum absolute atomic E-state index is 0.355. The zero-order valence-corrected chi connectivity index (χ0v) is 14.5. The lowest BCUT2D eigenvalue weighted by Crippen LogP contribution is -2.17. The molecule has 0 saturated carbocycles. The topological polar surface area (TPSA) is 104 Å². The van der Waals surface area contributed by atoms with Gasteiger partial charge in [-0.25, -0.2) is 20.4 Å². The Bertz CT molecular complexity index is 1100. The van der Waals surface area contributed by atoms with Crippen LogP contribution in [0.3, 0.4) is 0 Å². The number of aryl methyl sites for hydroxylation is 1. The van der Waals surface area contributed by atoms with Crippen LogP contribution in [0.5, 0.6) is 0 Å². The molecule has 0 saturated heterocycles. The first-order valence-corrected chi connectivity index (χ1v) is 8.61. The molecule has 4 aromatic rings. The number of thiophene rings is 1. The third-order valence-corrected chi connectivity index (χ3v) is 4.65. The van der Waals surface area contributed by atoms with Crippen molar-refractivity contribution in [3.05, 3.63) is 59.4 Å². The van der Waals surface area contributed by atoms with E-state index in [0.717, 1.165) is 22.7 Å². The van der Waals surface area contributed by atoms with Gasteiger partial charge in [-0.3, -0.25) is 14.4 Å². The molecule has 26 heavy (non-hydrogen) atoms. The lowest BCUT2D eigenvalue weighted by molar-refractivity contribution is 0.0707. The monoisotopic (exact) mass is 366 g/mol. The molecular formula is C17H14N6O2S. The summed E-state index contributed by atoms with van der Waals surface area (Å²) in [6, 6.07) is 9.27. The minimum Gasteiger partial charge on any atom is -0.316 e. The van der Waals surface area contributed by atoms with Crippen molar-refractivity contribution in [1.29, 1.82) is 0 Å². The third kappa shape index (κ3) is 2.89. The summed E-state index contributed by atoms with van der Waals surface area (Å²) in [5, 5.41) is 14.1. The van der Waals surface area contributed by atoms with Gasteiger partial charge in [0, 0.05) is 17.8 Å². The summed E-state index contributed by atoms with van der Waals surface area (Å²) < 4.78 is 1.98. The second kappa shape index (κ2) is 6.54. The number of hydroxylamine groups is 1. The maximum absolute atomic E-state index is 11.4. The maximum atomic E-state index is 11.4. The molecule has 0 unspecified atom stereocenters. The first-order chi connectivity index (χ1) is 12.7. The van der Waals surface area contributed by atoms with Gasteiger partial charge in [0.15, 0.2) is 0 Å². The Hall–Kier alpha value is -3.30. The van der Waals surface area contributed by atoms with Crippen LogP contribution < -0.4 is 10.8 Å². The van der Waals surface area contributed by atoms with Gasteiger partial charge < -0.3 is 5.32 Å². The fourth-order valence-corrected chi connectivity index (χ4v) is 3.44. The number of nitrogens with one attached hydrogen (secondary N) is 2. The number of hydrogen-bond acceptors (Lipinski definition) is 7. The highest BCUT2D eigenvalue weighted by Crippen LogP contribution is 2.26. The van der Waals surface area contributed by atoms with Crippen LogP contribution in [0.4, 0.5) is 10.9 Å². The molecule has 3 N–H and O–H groups in total. The Morgan fingerprint density at radius 2 is 2.15 bits per heavy atom. The van der Waals surface area contributed by atoms with Crippen molar-refractivity contribution in [2.45, 2.75) is 6.92 Å². The van der Waals surface area contributed by atoms with Gasteiger partial charge in [-0.2, -0.15) is 0 Å². The van der Waals surface area contributed by atoms with E-state index in [1.54, 1.807) is 23.1 Å². The molecule has 130 valence electrons. The van der Waals surface area contributed by atoms with Crippen LogP contribution in [0.2, 0.25) is 0 Å². The van der Waals surface area contributed by atoms with Gasteiger partial charge in [0.05, 0.1) is 27.6 Å². The predicted octanol–water partition coefficient (Wildman–Crippen LogP) is 3.02. The smallest absolute Gasteiger partial charge is 0.275 e. The van der Waals surface area contributed by atoms with Crippen molar-refractivity contribution in [3.63, 3.8) is 0 Å². The summed E-state index contributed by atoms with van der Waals surface area (Å²) in [6.45, 7) is 1.94. The number of fused-ring (bicyclic) bond motifs is 1. The summed E-state index contributed by atoms with van der Waals surface area (Å²) in [7, 11) is 0. The number of carbonyl (C=O) groups excluding carboxylic acids is 1. The second-order valence-corrected chi connectivity index (χ2v) is 6.42. The zero-order valence-electron chi connectivity index (χ0n) is 13.7. The number of carbonyl (C=O) groups is 1. The van der Waals surface area contributed by atoms with Crippen molar-refractivity contribution >= 4 is 33.8 Å². The molecule has 0 aliphatic heterocycles. The van der Waals surface area contributed by atoms with E-state index < -0.39 is 5.91 Å². The van der Waals surface area contributed by atoms with E-state index in [-0.39, 0.29) is 0 Å². The van der Waals surface area contributed by atoms with Gasteiger partial charge >= 0.3 is 0 Å². The number of pyridine rings is 1. The molecule has 0 aromatic carbocycles. The van der Waals surface area contributed by atoms with Gasteiger partial charge in [0.25, 0.3) is 5.91 Å². The summed E-state index contributed by atoms with van der Waals surface area (Å²) in [5.41, 5.74) is 5.33. The lowest BCUT2D eigenvalue weighted by Gasteiger charge is -2.06. The predicted molar refractivity (Wildman–Crippen MR) is 97.8 cm³/mol. The van der Waals surface area contributed by atoms with Crippen LogP contribution in [-0.4, -0.2) is 30.5 Å². The number of hydrogen-bond donors (Lipinski definition) is 3. The van der Waals surface area contributed by atoms with E-state index in [0.29, 0.717) is 16.5 Å². The molecule has 0 aliphatic rings. The SMILES string of the molecule is Cc1nc2ccccn2c1-c1ccnc(Nc2cc(C(=O)NO)cs2)n1. The van der Waals surface area contributed by atoms with E-state index in [9.17, 15) is 4.79 Å². The van der Waals surface area contributed by atoms with Gasteiger partial charge in [-0.1, -0.05) is 6.07 Å². The highest BCUT2D eigenvalue weighted by molar-refractivity contribution is 7.14. The Morgan fingerprint density at radius 3 is 3.00 bits per heavy atom. The highest BCUT2D eigenvalue weighted by atomic mass is 32.1. The number of amides is 1. The Balaban J connectivity index is 1.67. The molecular weight excluding hydrogens is 352 g/mol. The molecule has 4 aromatic heterocycles. The first-order valence-electron chi connectivity index (χ1n) is 7.73. The normalized spacial score (nSPS) is 10.8. The molecule has 0 aliphatic carbocycles. The van der Waals surface area contributed by atoms with Crippen LogP contribution in [0.1, 0.15) is 16.1 Å². The molecule has 4 heterocycles. The molecule has 0 radical (unpaired) electrons. The van der Waals surface area contributed by atoms with E-state index in [1.165, 1.54) is 11.3 Å². The molecule has 1 amide bonds. The first kappa shape index (κ1) is 16.2. The van der Waals surface area contributed by atoms with Crippen molar-refractivity contribution in [2.75, 3.05) is 5.32 Å². The van der Waals surface area contributed by atoms with Crippen molar-refractivity contribution in [2.24, 2.45) is 0 Å². The van der Waals surface area contributed by atoms with Gasteiger partial charge in [-0.15, -0.1) is 11.3 Å². The summed E-state index contributed by atoms with van der Waals surface area (Å²) in [6.07, 6.45) is 3.61. The van der Waals surface area contributed by atoms with Crippen molar-refractivity contribution in [1.82, 2.24) is 24.8 Å². The highest BCUT2D eigenvalue weighted by Gasteiger charge is 2.13. The molecule has 0 bridgehead atoms. The molecule has 9 heteroatoms. The molecule has 0 atom stereocenters.